The van der Waals surface area contributed by atoms with Crippen LogP contribution in [0.2, 0.25) is 0 Å². The average molecular weight is 190 g/mol. The van der Waals surface area contributed by atoms with Crippen LogP contribution in [0.1, 0.15) is 20.3 Å². The maximum atomic E-state index is 10.9. The maximum absolute atomic E-state index is 10.9. The lowest BCUT2D eigenvalue weighted by molar-refractivity contribution is -0.213. The third-order valence-electron chi connectivity index (χ3n) is 1.72. The van der Waals surface area contributed by atoms with Crippen LogP contribution in [0.25, 0.3) is 0 Å². The lowest BCUT2D eigenvalue weighted by Gasteiger charge is -2.29. The van der Waals surface area contributed by atoms with Gasteiger partial charge in [-0.15, -0.1) is 5.06 Å². The zero-order valence-corrected chi connectivity index (χ0v) is 8.28. The highest BCUT2D eigenvalue weighted by Gasteiger charge is 2.19. The Bertz CT molecular complexity index is 163. The molecule has 0 radical (unpaired) electrons. The first-order valence-corrected chi connectivity index (χ1v) is 4.29. The predicted octanol–water partition coefficient (Wildman–Crippen LogP) is 0.737. The number of hydroxylamine groups is 2. The third-order valence-corrected chi connectivity index (χ3v) is 1.72. The van der Waals surface area contributed by atoms with E-state index in [0.29, 0.717) is 26.1 Å². The van der Waals surface area contributed by atoms with Gasteiger partial charge in [0.2, 0.25) is 0 Å². The summed E-state index contributed by atoms with van der Waals surface area (Å²) in [5.74, 6) is -0.177. The molecule has 1 atom stereocenters. The molecule has 0 amide bonds. The molecule has 0 aromatic heterocycles. The molecule has 0 spiro atoms. The second-order valence-electron chi connectivity index (χ2n) is 2.89. The molecule has 0 aromatic rings. The van der Waals surface area contributed by atoms with Gasteiger partial charge < -0.3 is 15.7 Å². The normalized spacial score (nSPS) is 23.4. The highest BCUT2D eigenvalue weighted by atomic mass is 16.7. The molecule has 0 saturated carbocycles. The van der Waals surface area contributed by atoms with E-state index in [4.69, 9.17) is 9.57 Å². The van der Waals surface area contributed by atoms with Crippen LogP contribution in [-0.2, 0) is 14.4 Å². The van der Waals surface area contributed by atoms with E-state index in [1.807, 2.05) is 6.92 Å². The minimum atomic E-state index is -0.177. The molecule has 1 rings (SSSR count). The number of rotatable bonds is 2. The van der Waals surface area contributed by atoms with E-state index in [1.54, 1.807) is 12.0 Å². The van der Waals surface area contributed by atoms with Crippen LogP contribution < -0.4 is 6.15 Å². The van der Waals surface area contributed by atoms with Crippen molar-refractivity contribution in [3.63, 3.8) is 0 Å². The number of nitrogens with zero attached hydrogens (tertiary/aromatic N) is 1. The van der Waals surface area contributed by atoms with E-state index in [1.165, 1.54) is 0 Å². The molecule has 1 aliphatic rings. The lowest BCUT2D eigenvalue weighted by Crippen LogP contribution is -2.42. The van der Waals surface area contributed by atoms with Crippen LogP contribution in [0.3, 0.4) is 0 Å². The van der Waals surface area contributed by atoms with Crippen LogP contribution in [-0.4, -0.2) is 36.8 Å². The fourth-order valence-corrected chi connectivity index (χ4v) is 1.08. The van der Waals surface area contributed by atoms with Crippen molar-refractivity contribution in [3.05, 3.63) is 0 Å². The summed E-state index contributed by atoms with van der Waals surface area (Å²) in [6.07, 6.45) is 0.578. The first-order valence-electron chi connectivity index (χ1n) is 4.29. The number of carbonyl (C=O) groups excluding carboxylic acids is 1. The Labute approximate surface area is 78.5 Å². The van der Waals surface area contributed by atoms with Gasteiger partial charge in [0.15, 0.2) is 0 Å². The monoisotopic (exact) mass is 190 g/mol. The summed E-state index contributed by atoms with van der Waals surface area (Å²) in [7, 11) is 0. The molecule has 1 heterocycles. The fourth-order valence-electron chi connectivity index (χ4n) is 1.08. The van der Waals surface area contributed by atoms with Crippen LogP contribution in [0, 0.1) is 0 Å². The SMILES string of the molecule is CCC(=O)ON1CCOC(C)C1.N. The van der Waals surface area contributed by atoms with Crippen molar-refractivity contribution in [2.75, 3.05) is 19.7 Å². The fraction of sp³-hybridized carbons (Fsp3) is 0.875. The van der Waals surface area contributed by atoms with Crippen molar-refractivity contribution < 1.29 is 14.4 Å². The summed E-state index contributed by atoms with van der Waals surface area (Å²) >= 11 is 0. The minimum Gasteiger partial charge on any atom is -0.376 e. The predicted molar refractivity (Wildman–Crippen MR) is 48.4 cm³/mol. The van der Waals surface area contributed by atoms with Crippen molar-refractivity contribution >= 4 is 5.97 Å². The molecule has 1 unspecified atom stereocenters. The van der Waals surface area contributed by atoms with Crippen LogP contribution in [0.4, 0.5) is 0 Å². The van der Waals surface area contributed by atoms with Crippen molar-refractivity contribution in [2.24, 2.45) is 0 Å². The minimum absolute atomic E-state index is 0. The van der Waals surface area contributed by atoms with Gasteiger partial charge in [-0.05, 0) is 6.92 Å². The van der Waals surface area contributed by atoms with Gasteiger partial charge in [0.25, 0.3) is 0 Å². The van der Waals surface area contributed by atoms with E-state index < -0.39 is 0 Å². The van der Waals surface area contributed by atoms with Gasteiger partial charge in [-0.25, -0.2) is 0 Å². The van der Waals surface area contributed by atoms with Gasteiger partial charge in [-0.1, -0.05) is 6.92 Å². The zero-order valence-electron chi connectivity index (χ0n) is 8.28. The molecule has 1 fully saturated rings. The second-order valence-corrected chi connectivity index (χ2v) is 2.89. The van der Waals surface area contributed by atoms with E-state index in [9.17, 15) is 4.79 Å². The number of hydrogen-bond donors (Lipinski definition) is 1. The van der Waals surface area contributed by atoms with Crippen molar-refractivity contribution in [2.45, 2.75) is 26.4 Å². The zero-order chi connectivity index (χ0) is 8.97. The molecular formula is C8H18N2O3. The standard InChI is InChI=1S/C8H15NO3.H3N/c1-3-8(10)12-9-4-5-11-7(2)6-9;/h7H,3-6H2,1-2H3;1H3. The molecule has 0 aromatic carbocycles. The number of hydrogen-bond acceptors (Lipinski definition) is 5. The van der Waals surface area contributed by atoms with Gasteiger partial charge in [0.1, 0.15) is 0 Å². The van der Waals surface area contributed by atoms with Crippen molar-refractivity contribution in [3.8, 4) is 0 Å². The van der Waals surface area contributed by atoms with Crippen molar-refractivity contribution in [1.29, 1.82) is 0 Å². The molecule has 5 heteroatoms. The quantitative estimate of drug-likeness (QED) is 0.695. The van der Waals surface area contributed by atoms with Crippen LogP contribution >= 0.6 is 0 Å². The first kappa shape index (κ1) is 12.3. The number of carbonyl (C=O) groups is 1. The van der Waals surface area contributed by atoms with E-state index in [0.717, 1.165) is 0 Å². The summed E-state index contributed by atoms with van der Waals surface area (Å²) in [5, 5.41) is 1.67. The molecule has 0 bridgehead atoms. The van der Waals surface area contributed by atoms with E-state index >= 15 is 0 Å². The van der Waals surface area contributed by atoms with Gasteiger partial charge in [-0.2, -0.15) is 0 Å². The third kappa shape index (κ3) is 4.21. The Kier molecular flexibility index (Phi) is 5.61. The highest BCUT2D eigenvalue weighted by Crippen LogP contribution is 2.05. The smallest absolute Gasteiger partial charge is 0.324 e. The van der Waals surface area contributed by atoms with Gasteiger partial charge >= 0.3 is 5.97 Å². The Morgan fingerprint density at radius 3 is 2.92 bits per heavy atom. The molecule has 0 aliphatic carbocycles. The molecule has 13 heavy (non-hydrogen) atoms. The van der Waals surface area contributed by atoms with Crippen molar-refractivity contribution in [1.82, 2.24) is 11.2 Å². The number of ether oxygens (including phenoxy) is 1. The Hall–Kier alpha value is -0.650. The highest BCUT2D eigenvalue weighted by molar-refractivity contribution is 5.68. The average Bonchev–Trinajstić information content (AvgIpc) is 2.04. The summed E-state index contributed by atoms with van der Waals surface area (Å²) in [5.41, 5.74) is 0. The topological polar surface area (TPSA) is 73.8 Å². The first-order chi connectivity index (χ1) is 5.72. The molecular weight excluding hydrogens is 172 g/mol. The lowest BCUT2D eigenvalue weighted by atomic mass is 10.3. The largest absolute Gasteiger partial charge is 0.376 e. The summed E-state index contributed by atoms with van der Waals surface area (Å²) in [4.78, 5) is 15.9. The molecule has 5 nitrogen and oxygen atoms in total. The molecule has 1 saturated heterocycles. The van der Waals surface area contributed by atoms with Crippen LogP contribution in [0.15, 0.2) is 0 Å². The van der Waals surface area contributed by atoms with Crippen LogP contribution in [0.5, 0.6) is 0 Å². The maximum Gasteiger partial charge on any atom is 0.324 e. The van der Waals surface area contributed by atoms with E-state index in [-0.39, 0.29) is 18.2 Å². The number of morpholine rings is 1. The van der Waals surface area contributed by atoms with Gasteiger partial charge in [-0.3, -0.25) is 4.79 Å². The Morgan fingerprint density at radius 2 is 2.38 bits per heavy atom. The summed E-state index contributed by atoms with van der Waals surface area (Å²) in [6, 6.07) is 0. The van der Waals surface area contributed by atoms with Gasteiger partial charge in [0, 0.05) is 6.42 Å². The van der Waals surface area contributed by atoms with E-state index in [2.05, 4.69) is 0 Å². The Morgan fingerprint density at radius 1 is 1.69 bits per heavy atom. The Balaban J connectivity index is 0.00000144. The molecule has 78 valence electrons. The second kappa shape index (κ2) is 5.90. The summed E-state index contributed by atoms with van der Waals surface area (Å²) in [6.45, 7) is 5.73. The molecule has 1 aliphatic heterocycles. The summed E-state index contributed by atoms with van der Waals surface area (Å²) < 4.78 is 5.29. The molecule has 3 N–H and O–H groups in total. The van der Waals surface area contributed by atoms with Gasteiger partial charge in [0.05, 0.1) is 25.8 Å².